The van der Waals surface area contributed by atoms with Gasteiger partial charge in [0.05, 0.1) is 35.9 Å². The molecule has 1 unspecified atom stereocenters. The van der Waals surface area contributed by atoms with E-state index in [1.54, 1.807) is 41.7 Å². The van der Waals surface area contributed by atoms with Crippen molar-refractivity contribution in [1.82, 2.24) is 19.6 Å². The lowest BCUT2D eigenvalue weighted by molar-refractivity contribution is -0.168. The Morgan fingerprint density at radius 2 is 1.94 bits per heavy atom. The fourth-order valence-corrected chi connectivity index (χ4v) is 4.52. The van der Waals surface area contributed by atoms with Gasteiger partial charge in [0.25, 0.3) is 5.78 Å². The topological polar surface area (TPSA) is 64.3 Å². The Kier molecular flexibility index (Phi) is 4.76. The van der Waals surface area contributed by atoms with E-state index in [0.29, 0.717) is 45.0 Å². The highest BCUT2D eigenvalue weighted by atomic mass is 19.4. The van der Waals surface area contributed by atoms with Crippen LogP contribution < -0.4 is 5.32 Å². The third-order valence-electron chi connectivity index (χ3n) is 6.61. The Balaban J connectivity index is 1.43. The van der Waals surface area contributed by atoms with Crippen molar-refractivity contribution in [2.45, 2.75) is 38.6 Å². The minimum absolute atomic E-state index is 0.0181. The van der Waals surface area contributed by atoms with Crippen molar-refractivity contribution in [3.05, 3.63) is 64.9 Å². The second-order valence-electron chi connectivity index (χ2n) is 8.89. The second kappa shape index (κ2) is 7.65. The van der Waals surface area contributed by atoms with Gasteiger partial charge in [0.15, 0.2) is 0 Å². The zero-order valence-electron chi connectivity index (χ0n) is 18.6. The molecule has 0 radical (unpaired) electrons. The largest absolute Gasteiger partial charge is 0.405 e. The van der Waals surface area contributed by atoms with Crippen LogP contribution in [-0.4, -0.2) is 32.4 Å². The number of hydrogen-bond acceptors (Lipinski definition) is 5. The van der Waals surface area contributed by atoms with E-state index in [0.717, 1.165) is 0 Å². The molecular formula is C25H19F4N5O. The summed E-state index contributed by atoms with van der Waals surface area (Å²) < 4.78 is 62.6. The van der Waals surface area contributed by atoms with Crippen LogP contribution in [0, 0.1) is 30.0 Å². The van der Waals surface area contributed by atoms with Crippen LogP contribution in [-0.2, 0) is 11.3 Å². The SMILES string of the molecule is Cc1nnc2nc(C3COCc4c(C#CC5(C(F)(F)F)CC5)cccc4N3)c3c(F)cccc3n12. The number of ether oxygens (including phenoxy) is 1. The summed E-state index contributed by atoms with van der Waals surface area (Å²) in [7, 11) is 0. The molecule has 1 N–H and O–H groups in total. The van der Waals surface area contributed by atoms with Crippen molar-refractivity contribution < 1.29 is 22.3 Å². The predicted octanol–water partition coefficient (Wildman–Crippen LogP) is 5.10. The normalized spacial score (nSPS) is 18.9. The summed E-state index contributed by atoms with van der Waals surface area (Å²) in [5.41, 5.74) is 0.864. The number of aromatic nitrogens is 4. The average Bonchev–Trinajstić information content (AvgIpc) is 3.58. The number of nitrogens with one attached hydrogen (secondary N) is 1. The van der Waals surface area contributed by atoms with E-state index < -0.39 is 23.5 Å². The molecule has 2 aromatic carbocycles. The first-order chi connectivity index (χ1) is 16.8. The van der Waals surface area contributed by atoms with Crippen LogP contribution in [0.5, 0.6) is 0 Å². The second-order valence-corrected chi connectivity index (χ2v) is 8.89. The van der Waals surface area contributed by atoms with Gasteiger partial charge in [-0.1, -0.05) is 24.0 Å². The van der Waals surface area contributed by atoms with Gasteiger partial charge in [-0.2, -0.15) is 13.2 Å². The summed E-state index contributed by atoms with van der Waals surface area (Å²) >= 11 is 0. The van der Waals surface area contributed by atoms with Crippen molar-refractivity contribution in [1.29, 1.82) is 0 Å². The Morgan fingerprint density at radius 1 is 1.14 bits per heavy atom. The molecule has 10 heteroatoms. The molecule has 35 heavy (non-hydrogen) atoms. The summed E-state index contributed by atoms with van der Waals surface area (Å²) in [6.07, 6.45) is -4.31. The highest BCUT2D eigenvalue weighted by Gasteiger charge is 2.62. The van der Waals surface area contributed by atoms with E-state index in [4.69, 9.17) is 4.74 Å². The number of fused-ring (bicyclic) bond motifs is 4. The van der Waals surface area contributed by atoms with Crippen LogP contribution in [0.1, 0.15) is 41.5 Å². The third kappa shape index (κ3) is 3.49. The van der Waals surface area contributed by atoms with Crippen LogP contribution in [0.2, 0.25) is 0 Å². The summed E-state index contributed by atoms with van der Waals surface area (Å²) in [5.74, 6) is 5.68. The third-order valence-corrected chi connectivity index (χ3v) is 6.61. The van der Waals surface area contributed by atoms with Gasteiger partial charge in [0, 0.05) is 16.8 Å². The minimum Gasteiger partial charge on any atom is -0.374 e. The van der Waals surface area contributed by atoms with Crippen molar-refractivity contribution in [3.63, 3.8) is 0 Å². The molecule has 1 aliphatic heterocycles. The van der Waals surface area contributed by atoms with Gasteiger partial charge in [0.1, 0.15) is 17.1 Å². The minimum atomic E-state index is -4.35. The molecule has 0 spiro atoms. The number of alkyl halides is 3. The van der Waals surface area contributed by atoms with E-state index in [-0.39, 0.29) is 26.1 Å². The van der Waals surface area contributed by atoms with Crippen molar-refractivity contribution in [2.75, 3.05) is 11.9 Å². The number of anilines is 1. The standard InChI is InChI=1S/C25H19F4N5O/c1-14-32-33-23-31-22(21-17(26)5-3-7-20(21)34(14)23)19-13-35-12-16-15(4-2-6-18(16)30-19)8-9-24(10-11-24)25(27,28)29/h2-7,19,30H,10-13H2,1H3. The van der Waals surface area contributed by atoms with Gasteiger partial charge < -0.3 is 10.1 Å². The van der Waals surface area contributed by atoms with E-state index >= 15 is 4.39 Å². The summed E-state index contributed by atoms with van der Waals surface area (Å²) in [6, 6.07) is 9.44. The molecule has 0 amide bonds. The van der Waals surface area contributed by atoms with Gasteiger partial charge >= 0.3 is 6.18 Å². The van der Waals surface area contributed by atoms with E-state index in [1.165, 1.54) is 6.07 Å². The molecule has 1 atom stereocenters. The lowest BCUT2D eigenvalue weighted by Gasteiger charge is -2.19. The maximum Gasteiger partial charge on any atom is 0.405 e. The van der Waals surface area contributed by atoms with Crippen LogP contribution >= 0.6 is 0 Å². The Hall–Kier alpha value is -3.71. The first-order valence-electron chi connectivity index (χ1n) is 11.1. The zero-order valence-corrected chi connectivity index (χ0v) is 18.6. The lowest BCUT2D eigenvalue weighted by atomic mass is 10.0. The predicted molar refractivity (Wildman–Crippen MR) is 120 cm³/mol. The van der Waals surface area contributed by atoms with Crippen LogP contribution in [0.15, 0.2) is 36.4 Å². The Morgan fingerprint density at radius 3 is 2.71 bits per heavy atom. The Labute approximate surface area is 197 Å². The maximum atomic E-state index is 15.1. The van der Waals surface area contributed by atoms with E-state index in [1.807, 2.05) is 0 Å². The first kappa shape index (κ1) is 21.8. The molecule has 1 saturated carbocycles. The highest BCUT2D eigenvalue weighted by Crippen LogP contribution is 2.57. The van der Waals surface area contributed by atoms with Crippen LogP contribution in [0.4, 0.5) is 23.2 Å². The molecule has 0 bridgehead atoms. The molecule has 2 aliphatic rings. The smallest absolute Gasteiger partial charge is 0.374 e. The van der Waals surface area contributed by atoms with Gasteiger partial charge in [-0.3, -0.25) is 4.40 Å². The average molecular weight is 481 g/mol. The molecule has 6 rings (SSSR count). The number of halogens is 4. The molecule has 0 saturated heterocycles. The quantitative estimate of drug-likeness (QED) is 0.303. The van der Waals surface area contributed by atoms with Gasteiger partial charge in [-0.05, 0) is 44.0 Å². The van der Waals surface area contributed by atoms with Crippen LogP contribution in [0.25, 0.3) is 16.7 Å². The molecule has 6 nitrogen and oxygen atoms in total. The summed E-state index contributed by atoms with van der Waals surface area (Å²) in [6.45, 7) is 2.07. The van der Waals surface area contributed by atoms with Crippen molar-refractivity contribution in [3.8, 4) is 11.8 Å². The molecule has 4 aromatic rings. The number of hydrogen-bond donors (Lipinski definition) is 1. The summed E-state index contributed by atoms with van der Waals surface area (Å²) in [4.78, 5) is 4.60. The molecule has 1 aliphatic carbocycles. The Bertz CT molecular complexity index is 1550. The molecular weight excluding hydrogens is 462 g/mol. The van der Waals surface area contributed by atoms with Gasteiger partial charge in [-0.25, -0.2) is 9.37 Å². The fourth-order valence-electron chi connectivity index (χ4n) is 4.52. The lowest BCUT2D eigenvalue weighted by Crippen LogP contribution is -2.22. The number of nitrogens with zero attached hydrogens (tertiary/aromatic N) is 4. The highest BCUT2D eigenvalue weighted by molar-refractivity contribution is 5.85. The molecule has 1 fully saturated rings. The van der Waals surface area contributed by atoms with Gasteiger partial charge in [0.2, 0.25) is 0 Å². The number of aryl methyl sites for hydroxylation is 1. The first-order valence-corrected chi connectivity index (χ1v) is 11.1. The van der Waals surface area contributed by atoms with Crippen molar-refractivity contribution in [2.24, 2.45) is 5.41 Å². The van der Waals surface area contributed by atoms with Crippen molar-refractivity contribution >= 4 is 22.4 Å². The monoisotopic (exact) mass is 481 g/mol. The number of benzene rings is 2. The molecule has 178 valence electrons. The van der Waals surface area contributed by atoms with Gasteiger partial charge in [-0.15, -0.1) is 10.2 Å². The summed E-state index contributed by atoms with van der Waals surface area (Å²) in [5, 5.41) is 11.9. The number of rotatable bonds is 1. The van der Waals surface area contributed by atoms with E-state index in [2.05, 4.69) is 32.3 Å². The molecule has 2 aromatic heterocycles. The fraction of sp³-hybridized carbons (Fsp3) is 0.320. The molecule has 3 heterocycles. The zero-order chi connectivity index (χ0) is 24.4. The van der Waals surface area contributed by atoms with Crippen LogP contribution in [0.3, 0.4) is 0 Å². The van der Waals surface area contributed by atoms with E-state index in [9.17, 15) is 13.2 Å². The maximum absolute atomic E-state index is 15.1.